The van der Waals surface area contributed by atoms with Crippen molar-refractivity contribution < 1.29 is 14.3 Å². The van der Waals surface area contributed by atoms with Crippen molar-refractivity contribution in [1.82, 2.24) is 34.8 Å². The van der Waals surface area contributed by atoms with E-state index in [1.807, 2.05) is 18.2 Å². The Labute approximate surface area is 220 Å². The zero-order valence-corrected chi connectivity index (χ0v) is 20.3. The van der Waals surface area contributed by atoms with Gasteiger partial charge >= 0.3 is 6.09 Å². The number of hydrogen-bond acceptors (Lipinski definition) is 7. The van der Waals surface area contributed by atoms with Crippen molar-refractivity contribution in [1.29, 1.82) is 0 Å². The Hall–Kier alpha value is -5.32. The summed E-state index contributed by atoms with van der Waals surface area (Å²) in [7, 11) is 0. The van der Waals surface area contributed by atoms with Crippen molar-refractivity contribution in [2.24, 2.45) is 0 Å². The van der Waals surface area contributed by atoms with Gasteiger partial charge in [-0.15, -0.1) is 10.2 Å². The maximum Gasteiger partial charge on any atom is 0.410 e. The molecule has 6 aromatic rings. The first-order chi connectivity index (χ1) is 19.0. The van der Waals surface area contributed by atoms with Crippen molar-refractivity contribution >= 4 is 28.6 Å². The van der Waals surface area contributed by atoms with Crippen molar-refractivity contribution in [3.63, 3.8) is 0 Å². The van der Waals surface area contributed by atoms with E-state index in [9.17, 15) is 4.79 Å². The van der Waals surface area contributed by atoms with E-state index < -0.39 is 11.9 Å². The summed E-state index contributed by atoms with van der Waals surface area (Å²) in [6, 6.07) is 18.0. The summed E-state index contributed by atoms with van der Waals surface area (Å²) in [5, 5.41) is 25.5. The Kier molecular flexibility index (Phi) is 5.05. The molecule has 1 saturated carbocycles. The summed E-state index contributed by atoms with van der Waals surface area (Å²) in [5.74, 6) is 0.766. The Morgan fingerprint density at radius 3 is 2.59 bits per heavy atom. The number of carboxylic acid groups (broad SMARTS) is 1. The summed E-state index contributed by atoms with van der Waals surface area (Å²) < 4.78 is 16.8. The third kappa shape index (κ3) is 3.91. The quantitative estimate of drug-likeness (QED) is 0.322. The van der Waals surface area contributed by atoms with E-state index in [0.717, 1.165) is 29.3 Å². The highest BCUT2D eigenvalue weighted by molar-refractivity contribution is 5.82. The number of halogens is 1. The molecule has 0 bridgehead atoms. The number of pyridine rings is 2. The first-order valence-electron chi connectivity index (χ1n) is 12.2. The number of anilines is 1. The second kappa shape index (κ2) is 8.62. The van der Waals surface area contributed by atoms with E-state index in [4.69, 9.17) is 10.2 Å². The smallest absolute Gasteiger partial charge is 0.410 e. The van der Waals surface area contributed by atoms with Crippen LogP contribution in [0.2, 0.25) is 0 Å². The summed E-state index contributed by atoms with van der Waals surface area (Å²) in [6.07, 6.45) is 5.34. The fraction of sp³-hybridized carbons (Fsp3) is 0.107. The molecule has 1 aliphatic carbocycles. The van der Waals surface area contributed by atoms with Crippen LogP contribution in [0.15, 0.2) is 79.3 Å². The van der Waals surface area contributed by atoms with E-state index in [1.165, 1.54) is 18.3 Å². The molecule has 1 fully saturated rings. The molecule has 11 heteroatoms. The molecule has 2 aromatic carbocycles. The highest BCUT2D eigenvalue weighted by atomic mass is 19.1. The van der Waals surface area contributed by atoms with Gasteiger partial charge < -0.3 is 5.11 Å². The molecule has 7 rings (SSSR count). The normalized spacial score (nSPS) is 14.0. The lowest BCUT2D eigenvalue weighted by Gasteiger charge is -2.14. The average molecular weight is 519 g/mol. The summed E-state index contributed by atoms with van der Waals surface area (Å²) in [4.78, 5) is 23.7. The van der Waals surface area contributed by atoms with Gasteiger partial charge in [-0.05, 0) is 54.8 Å². The molecule has 190 valence electrons. The molecule has 4 heterocycles. The van der Waals surface area contributed by atoms with Gasteiger partial charge in [-0.3, -0.25) is 10.3 Å². The van der Waals surface area contributed by atoms with Gasteiger partial charge in [0.25, 0.3) is 5.78 Å². The van der Waals surface area contributed by atoms with Crippen LogP contribution in [-0.4, -0.2) is 46.0 Å². The first kappa shape index (κ1) is 22.8. The fourth-order valence-electron chi connectivity index (χ4n) is 4.91. The molecule has 0 aliphatic heterocycles. The van der Waals surface area contributed by atoms with Gasteiger partial charge in [-0.2, -0.15) is 9.61 Å². The van der Waals surface area contributed by atoms with Crippen LogP contribution in [0, 0.1) is 5.82 Å². The molecule has 0 atom stereocenters. The van der Waals surface area contributed by atoms with Gasteiger partial charge in [0.05, 0.1) is 17.1 Å². The lowest BCUT2D eigenvalue weighted by molar-refractivity contribution is 0.209. The molecular weight excluding hydrogens is 499 g/mol. The summed E-state index contributed by atoms with van der Waals surface area (Å²) in [6.45, 7) is 0. The van der Waals surface area contributed by atoms with Gasteiger partial charge in [0.2, 0.25) is 0 Å². The predicted molar refractivity (Wildman–Crippen MR) is 141 cm³/mol. The Morgan fingerprint density at radius 1 is 0.949 bits per heavy atom. The van der Waals surface area contributed by atoms with Crippen LogP contribution in [-0.2, 0) is 5.41 Å². The van der Waals surface area contributed by atoms with Crippen molar-refractivity contribution in [2.45, 2.75) is 18.3 Å². The minimum Gasteiger partial charge on any atom is -0.465 e. The highest BCUT2D eigenvalue weighted by Gasteiger charge is 2.50. The van der Waals surface area contributed by atoms with Gasteiger partial charge in [0, 0.05) is 34.5 Å². The molecule has 0 spiro atoms. The second-order valence-corrected chi connectivity index (χ2v) is 9.43. The van der Waals surface area contributed by atoms with Crippen LogP contribution in [0.3, 0.4) is 0 Å². The SMILES string of the molecule is O=C(O)Nc1ccc(-c2ccc(-c3cnc4nnc(C5(c6ccc7ncccc7c6)CC5)n4n3)cc2F)cn1. The van der Waals surface area contributed by atoms with Crippen molar-refractivity contribution in [3.05, 3.63) is 96.5 Å². The number of nitrogens with one attached hydrogen (secondary N) is 1. The van der Waals surface area contributed by atoms with Crippen LogP contribution < -0.4 is 5.32 Å². The van der Waals surface area contributed by atoms with Gasteiger partial charge in [-0.1, -0.05) is 24.3 Å². The molecule has 2 N–H and O–H groups in total. The van der Waals surface area contributed by atoms with E-state index in [-0.39, 0.29) is 11.2 Å². The lowest BCUT2D eigenvalue weighted by Crippen LogP contribution is -2.15. The minimum atomic E-state index is -1.22. The van der Waals surface area contributed by atoms with Gasteiger partial charge in [0.1, 0.15) is 17.3 Å². The number of amides is 1. The van der Waals surface area contributed by atoms with E-state index >= 15 is 4.39 Å². The molecule has 0 unspecified atom stereocenters. The van der Waals surface area contributed by atoms with Gasteiger partial charge in [0.15, 0.2) is 5.82 Å². The van der Waals surface area contributed by atoms with Gasteiger partial charge in [-0.25, -0.2) is 19.2 Å². The summed E-state index contributed by atoms with van der Waals surface area (Å²) in [5.41, 5.74) is 3.60. The predicted octanol–water partition coefficient (Wildman–Crippen LogP) is 5.11. The van der Waals surface area contributed by atoms with Crippen LogP contribution in [0.5, 0.6) is 0 Å². The average Bonchev–Trinajstić information content (AvgIpc) is 3.65. The number of benzene rings is 2. The van der Waals surface area contributed by atoms with E-state index in [0.29, 0.717) is 34.0 Å². The Balaban J connectivity index is 1.23. The fourth-order valence-corrected chi connectivity index (χ4v) is 4.91. The minimum absolute atomic E-state index is 0.158. The highest BCUT2D eigenvalue weighted by Crippen LogP contribution is 2.53. The number of carbonyl (C=O) groups is 1. The monoisotopic (exact) mass is 518 g/mol. The number of fused-ring (bicyclic) bond motifs is 2. The second-order valence-electron chi connectivity index (χ2n) is 9.43. The van der Waals surface area contributed by atoms with Crippen LogP contribution in [0.4, 0.5) is 15.0 Å². The van der Waals surface area contributed by atoms with E-state index in [2.05, 4.69) is 42.6 Å². The topological polar surface area (TPSA) is 131 Å². The molecule has 10 nitrogen and oxygen atoms in total. The van der Waals surface area contributed by atoms with Crippen molar-refractivity contribution in [2.75, 3.05) is 5.32 Å². The maximum atomic E-state index is 15.2. The lowest BCUT2D eigenvalue weighted by atomic mass is 9.94. The maximum absolute atomic E-state index is 15.2. The molecule has 4 aromatic heterocycles. The van der Waals surface area contributed by atoms with E-state index in [1.54, 1.807) is 35.1 Å². The number of nitrogens with zero attached hydrogens (tertiary/aromatic N) is 7. The number of aromatic nitrogens is 7. The standard InChI is InChI=1S/C28H19FN8O2/c29-21-13-17(3-6-20(21)18-4-8-24(31-14-18)33-27(38)39)23-15-32-26-35-34-25(37(26)36-23)28(9-10-28)19-5-7-22-16(12-19)2-1-11-30-22/h1-8,11-15H,9-10H2,(H,31,33)(H,38,39). The largest absolute Gasteiger partial charge is 0.465 e. The zero-order valence-electron chi connectivity index (χ0n) is 20.3. The molecule has 1 aliphatic rings. The Morgan fingerprint density at radius 2 is 1.82 bits per heavy atom. The molecule has 1 amide bonds. The zero-order chi connectivity index (χ0) is 26.6. The van der Waals surface area contributed by atoms with Crippen LogP contribution >= 0.6 is 0 Å². The first-order valence-corrected chi connectivity index (χ1v) is 12.2. The molecule has 0 radical (unpaired) electrons. The molecular formula is C28H19FN8O2. The molecule has 39 heavy (non-hydrogen) atoms. The number of hydrogen-bond donors (Lipinski definition) is 2. The van der Waals surface area contributed by atoms with Crippen LogP contribution in [0.1, 0.15) is 24.2 Å². The van der Waals surface area contributed by atoms with Crippen molar-refractivity contribution in [3.8, 4) is 22.4 Å². The molecule has 0 saturated heterocycles. The third-order valence-electron chi connectivity index (χ3n) is 7.04. The summed E-state index contributed by atoms with van der Waals surface area (Å²) >= 11 is 0. The van der Waals surface area contributed by atoms with Crippen LogP contribution in [0.25, 0.3) is 39.1 Å². The Bertz CT molecular complexity index is 1900. The third-order valence-corrected chi connectivity index (χ3v) is 7.04. The number of rotatable bonds is 5.